The third-order valence-corrected chi connectivity index (χ3v) is 5.16. The predicted molar refractivity (Wildman–Crippen MR) is 83.9 cm³/mol. The number of hydrogen-bond donors (Lipinski definition) is 0. The third-order valence-electron chi connectivity index (χ3n) is 4.86. The van der Waals surface area contributed by atoms with Crippen LogP contribution in [-0.4, -0.2) is 57.4 Å². The summed E-state index contributed by atoms with van der Waals surface area (Å²) in [4.78, 5) is 28.3. The highest BCUT2D eigenvalue weighted by Crippen LogP contribution is 2.39. The summed E-state index contributed by atoms with van der Waals surface area (Å²) in [5.41, 5.74) is -0.468. The van der Waals surface area contributed by atoms with Gasteiger partial charge in [-0.15, -0.1) is 11.6 Å². The number of amides is 2. The molecule has 22 heavy (non-hydrogen) atoms. The number of likely N-dealkylation sites (tertiary alicyclic amines) is 1. The van der Waals surface area contributed by atoms with Gasteiger partial charge in [-0.1, -0.05) is 0 Å². The van der Waals surface area contributed by atoms with Crippen LogP contribution in [0.1, 0.15) is 52.9 Å². The third kappa shape index (κ3) is 3.05. The SMILES string of the molecule is CC(C)(C)OC(=O)N1[C@@H]2CC[C@H]1CC(N1CC(Cl)CC1=O)C2. The summed E-state index contributed by atoms with van der Waals surface area (Å²) in [5, 5.41) is -0.0611. The minimum atomic E-state index is -0.468. The van der Waals surface area contributed by atoms with Crippen molar-refractivity contribution in [3.63, 3.8) is 0 Å². The topological polar surface area (TPSA) is 49.9 Å². The fraction of sp³-hybridized carbons (Fsp3) is 0.875. The highest BCUT2D eigenvalue weighted by Gasteiger charge is 2.47. The number of hydrogen-bond acceptors (Lipinski definition) is 3. The fourth-order valence-electron chi connectivity index (χ4n) is 4.05. The van der Waals surface area contributed by atoms with Crippen molar-refractivity contribution in [2.24, 2.45) is 0 Å². The molecule has 124 valence electrons. The van der Waals surface area contributed by atoms with Crippen molar-refractivity contribution in [3.05, 3.63) is 0 Å². The quantitative estimate of drug-likeness (QED) is 0.695. The van der Waals surface area contributed by atoms with E-state index in [4.69, 9.17) is 16.3 Å². The predicted octanol–water partition coefficient (Wildman–Crippen LogP) is 2.76. The van der Waals surface area contributed by atoms with Crippen LogP contribution < -0.4 is 0 Å². The van der Waals surface area contributed by atoms with Crippen LogP contribution in [0.2, 0.25) is 0 Å². The van der Waals surface area contributed by atoms with Crippen LogP contribution in [0, 0.1) is 0 Å². The molecule has 0 saturated carbocycles. The lowest BCUT2D eigenvalue weighted by atomic mass is 9.96. The molecule has 0 aromatic heterocycles. The zero-order valence-corrected chi connectivity index (χ0v) is 14.3. The van der Waals surface area contributed by atoms with Crippen molar-refractivity contribution in [1.82, 2.24) is 9.80 Å². The maximum absolute atomic E-state index is 12.4. The van der Waals surface area contributed by atoms with E-state index < -0.39 is 5.60 Å². The van der Waals surface area contributed by atoms with E-state index in [1.807, 2.05) is 30.6 Å². The highest BCUT2D eigenvalue weighted by atomic mass is 35.5. The maximum atomic E-state index is 12.4. The molecule has 0 aromatic carbocycles. The monoisotopic (exact) mass is 328 g/mol. The zero-order valence-electron chi connectivity index (χ0n) is 13.5. The first kappa shape index (κ1) is 15.9. The van der Waals surface area contributed by atoms with Gasteiger partial charge >= 0.3 is 6.09 Å². The Bertz CT molecular complexity index is 463. The normalized spacial score (nSPS) is 35.2. The molecule has 2 amide bonds. The van der Waals surface area contributed by atoms with E-state index in [1.165, 1.54) is 0 Å². The van der Waals surface area contributed by atoms with Crippen molar-refractivity contribution >= 4 is 23.6 Å². The van der Waals surface area contributed by atoms with Gasteiger partial charge in [0.1, 0.15) is 5.60 Å². The number of halogens is 1. The molecule has 4 atom stereocenters. The molecule has 0 N–H and O–H groups in total. The number of fused-ring (bicyclic) bond motifs is 2. The van der Waals surface area contributed by atoms with Gasteiger partial charge in [0, 0.05) is 31.1 Å². The Morgan fingerprint density at radius 1 is 1.18 bits per heavy atom. The fourth-order valence-corrected chi connectivity index (χ4v) is 4.34. The van der Waals surface area contributed by atoms with Crippen LogP contribution in [0.25, 0.3) is 0 Å². The molecule has 0 radical (unpaired) electrons. The number of alkyl halides is 1. The van der Waals surface area contributed by atoms with Crippen LogP contribution in [0.4, 0.5) is 4.79 Å². The molecule has 6 heteroatoms. The first-order chi connectivity index (χ1) is 10.2. The lowest BCUT2D eigenvalue weighted by Crippen LogP contribution is -2.53. The Balaban J connectivity index is 1.67. The Morgan fingerprint density at radius 3 is 2.23 bits per heavy atom. The standard InChI is InChI=1S/C16H25ClN2O3/c1-16(2,3)22-15(21)19-11-4-5-12(19)8-13(7-11)18-9-10(17)6-14(18)20/h10-13H,4-9H2,1-3H3/t10?,11-,12+,13?. The Morgan fingerprint density at radius 2 is 1.77 bits per heavy atom. The number of ether oxygens (including phenoxy) is 1. The Labute approximate surface area is 136 Å². The largest absolute Gasteiger partial charge is 0.444 e. The number of carbonyl (C=O) groups is 2. The molecule has 3 fully saturated rings. The number of nitrogens with zero attached hydrogens (tertiary/aromatic N) is 2. The van der Waals surface area contributed by atoms with Crippen molar-refractivity contribution in [1.29, 1.82) is 0 Å². The van der Waals surface area contributed by atoms with Gasteiger partial charge in [-0.2, -0.15) is 0 Å². The molecule has 0 aromatic rings. The molecule has 3 saturated heterocycles. The second-order valence-electron chi connectivity index (χ2n) is 7.75. The van der Waals surface area contributed by atoms with Gasteiger partial charge in [0.2, 0.25) is 5.91 Å². The summed E-state index contributed by atoms with van der Waals surface area (Å²) >= 11 is 6.11. The van der Waals surface area contributed by atoms with Gasteiger partial charge in [-0.25, -0.2) is 4.79 Å². The molecule has 3 rings (SSSR count). The lowest BCUT2D eigenvalue weighted by molar-refractivity contribution is -0.130. The second kappa shape index (κ2) is 5.59. The first-order valence-electron chi connectivity index (χ1n) is 8.19. The van der Waals surface area contributed by atoms with Gasteiger partial charge in [0.25, 0.3) is 0 Å². The van der Waals surface area contributed by atoms with Gasteiger partial charge in [0.15, 0.2) is 0 Å². The van der Waals surface area contributed by atoms with E-state index in [9.17, 15) is 9.59 Å². The molecule has 0 spiro atoms. The van der Waals surface area contributed by atoms with E-state index in [0.29, 0.717) is 13.0 Å². The van der Waals surface area contributed by atoms with Gasteiger partial charge < -0.3 is 14.5 Å². The van der Waals surface area contributed by atoms with Crippen LogP contribution in [0.15, 0.2) is 0 Å². The highest BCUT2D eigenvalue weighted by molar-refractivity contribution is 6.22. The molecule has 2 unspecified atom stereocenters. The van der Waals surface area contributed by atoms with Crippen LogP contribution in [0.3, 0.4) is 0 Å². The van der Waals surface area contributed by atoms with E-state index >= 15 is 0 Å². The summed E-state index contributed by atoms with van der Waals surface area (Å²) in [6.07, 6.45) is 3.96. The van der Waals surface area contributed by atoms with Crippen LogP contribution >= 0.6 is 11.6 Å². The molecule has 5 nitrogen and oxygen atoms in total. The average Bonchev–Trinajstić information content (AvgIpc) is 2.84. The van der Waals surface area contributed by atoms with E-state index in [1.54, 1.807) is 0 Å². The Kier molecular flexibility index (Phi) is 4.04. The van der Waals surface area contributed by atoms with Gasteiger partial charge in [-0.3, -0.25) is 4.79 Å². The van der Waals surface area contributed by atoms with Crippen LogP contribution in [0.5, 0.6) is 0 Å². The first-order valence-corrected chi connectivity index (χ1v) is 8.63. The van der Waals surface area contributed by atoms with Gasteiger partial charge in [-0.05, 0) is 46.5 Å². The molecule has 3 aliphatic rings. The minimum Gasteiger partial charge on any atom is -0.444 e. The number of rotatable bonds is 1. The van der Waals surface area contributed by atoms with E-state index in [0.717, 1.165) is 25.7 Å². The average molecular weight is 329 g/mol. The smallest absolute Gasteiger partial charge is 0.410 e. The summed E-state index contributed by atoms with van der Waals surface area (Å²) in [5.74, 6) is 0.162. The lowest BCUT2D eigenvalue weighted by Gasteiger charge is -2.42. The van der Waals surface area contributed by atoms with E-state index in [-0.39, 0.29) is 35.5 Å². The van der Waals surface area contributed by atoms with Crippen molar-refractivity contribution in [2.75, 3.05) is 6.54 Å². The van der Waals surface area contributed by atoms with Crippen molar-refractivity contribution in [3.8, 4) is 0 Å². The maximum Gasteiger partial charge on any atom is 0.410 e. The number of piperidine rings is 1. The van der Waals surface area contributed by atoms with Crippen molar-refractivity contribution < 1.29 is 14.3 Å². The Hall–Kier alpha value is -0.970. The summed E-state index contributed by atoms with van der Waals surface area (Å²) in [6.45, 7) is 6.33. The molecular weight excluding hydrogens is 304 g/mol. The van der Waals surface area contributed by atoms with Crippen LogP contribution in [-0.2, 0) is 9.53 Å². The molecule has 2 bridgehead atoms. The molecule has 0 aliphatic carbocycles. The minimum absolute atomic E-state index is 0.0611. The molecule has 3 aliphatic heterocycles. The number of carbonyl (C=O) groups excluding carboxylic acids is 2. The summed E-state index contributed by atoms with van der Waals surface area (Å²) in [7, 11) is 0. The molecular formula is C16H25ClN2O3. The van der Waals surface area contributed by atoms with Crippen molar-refractivity contribution in [2.45, 2.75) is 82.0 Å². The second-order valence-corrected chi connectivity index (χ2v) is 8.36. The van der Waals surface area contributed by atoms with Gasteiger partial charge in [0.05, 0.1) is 5.38 Å². The summed E-state index contributed by atoms with van der Waals surface area (Å²) in [6, 6.07) is 0.619. The van der Waals surface area contributed by atoms with E-state index in [2.05, 4.69) is 0 Å². The zero-order chi connectivity index (χ0) is 16.1. The summed E-state index contributed by atoms with van der Waals surface area (Å²) < 4.78 is 5.54. The molecule has 3 heterocycles.